The van der Waals surface area contributed by atoms with Gasteiger partial charge in [0.25, 0.3) is 11.8 Å². The second kappa shape index (κ2) is 9.12. The Bertz CT molecular complexity index is 1150. The molecule has 2 saturated heterocycles. The number of urea groups is 1. The van der Waals surface area contributed by atoms with Crippen LogP contribution in [-0.2, 0) is 15.8 Å². The lowest BCUT2D eigenvalue weighted by atomic mass is 10.1. The second-order valence-corrected chi connectivity index (χ2v) is 7.66. The number of alkyl halides is 3. The van der Waals surface area contributed by atoms with E-state index >= 15 is 0 Å². The summed E-state index contributed by atoms with van der Waals surface area (Å²) in [7, 11) is 0. The number of nitrogens with one attached hydrogen (secondary N) is 2. The van der Waals surface area contributed by atoms with Gasteiger partial charge in [-0.15, -0.1) is 0 Å². The molecular weight excluding hydrogens is 460 g/mol. The first-order valence-corrected chi connectivity index (χ1v) is 10.2. The van der Waals surface area contributed by atoms with Crippen LogP contribution >= 0.6 is 0 Å². The summed E-state index contributed by atoms with van der Waals surface area (Å²) in [5.74, 6) is -2.75. The maximum absolute atomic E-state index is 14.6. The number of aromatic nitrogens is 1. The van der Waals surface area contributed by atoms with Crippen molar-refractivity contribution in [3.8, 4) is 5.75 Å². The maximum Gasteiger partial charge on any atom is 0.419 e. The highest BCUT2D eigenvalue weighted by Crippen LogP contribution is 2.36. The van der Waals surface area contributed by atoms with Crippen molar-refractivity contribution in [2.24, 2.45) is 0 Å². The van der Waals surface area contributed by atoms with Gasteiger partial charge in [-0.3, -0.25) is 20.2 Å². The van der Waals surface area contributed by atoms with Gasteiger partial charge in [0, 0.05) is 32.1 Å². The summed E-state index contributed by atoms with van der Waals surface area (Å²) in [4.78, 5) is 40.1. The fourth-order valence-corrected chi connectivity index (χ4v) is 3.71. The summed E-state index contributed by atoms with van der Waals surface area (Å²) in [6, 6.07) is 5.11. The molecule has 0 unspecified atom stereocenters. The van der Waals surface area contributed by atoms with E-state index in [1.165, 1.54) is 29.3 Å². The minimum absolute atomic E-state index is 0.0675. The zero-order chi connectivity index (χ0) is 24.5. The van der Waals surface area contributed by atoms with Gasteiger partial charge in [-0.2, -0.15) is 13.2 Å². The third-order valence-electron chi connectivity index (χ3n) is 5.34. The molecular formula is C22H18F4N4O4. The largest absolute Gasteiger partial charge is 0.487 e. The number of imide groups is 2. The van der Waals surface area contributed by atoms with E-state index in [-0.39, 0.29) is 35.8 Å². The summed E-state index contributed by atoms with van der Waals surface area (Å²) in [5.41, 5.74) is -0.966. The van der Waals surface area contributed by atoms with Crippen LogP contribution in [-0.4, -0.2) is 42.0 Å². The third kappa shape index (κ3) is 5.00. The number of anilines is 1. The molecule has 0 aliphatic carbocycles. The van der Waals surface area contributed by atoms with Gasteiger partial charge < -0.3 is 9.64 Å². The maximum atomic E-state index is 14.6. The van der Waals surface area contributed by atoms with Gasteiger partial charge in [0.05, 0.1) is 5.56 Å². The highest BCUT2D eigenvalue weighted by atomic mass is 19.4. The van der Waals surface area contributed by atoms with Crippen LogP contribution in [0.2, 0.25) is 0 Å². The van der Waals surface area contributed by atoms with Gasteiger partial charge in [0.2, 0.25) is 0 Å². The molecule has 2 N–H and O–H groups in total. The van der Waals surface area contributed by atoms with Gasteiger partial charge in [-0.25, -0.2) is 14.2 Å². The molecule has 3 heterocycles. The standard InChI is InChI=1S/C22H18F4N4O4/c23-16-11-12(10-14-19(31)28-21(33)29-20(14)32)3-4-17(16)34-13-5-8-30(9-6-13)18-15(22(24,25)26)2-1-7-27-18/h1-4,7,10-11,13H,5-6,8-9H2,(H2,28,29,31,32,33). The molecule has 0 radical (unpaired) electrons. The highest BCUT2D eigenvalue weighted by Gasteiger charge is 2.36. The average Bonchev–Trinajstić information content (AvgIpc) is 2.78. The molecule has 12 heteroatoms. The Balaban J connectivity index is 1.41. The predicted molar refractivity (Wildman–Crippen MR) is 111 cm³/mol. The van der Waals surface area contributed by atoms with Crippen LogP contribution in [0, 0.1) is 5.82 Å². The average molecular weight is 478 g/mol. The minimum atomic E-state index is -4.52. The van der Waals surface area contributed by atoms with Crippen molar-refractivity contribution in [2.45, 2.75) is 25.1 Å². The van der Waals surface area contributed by atoms with Gasteiger partial charge >= 0.3 is 12.2 Å². The number of rotatable bonds is 4. The number of hydrogen-bond donors (Lipinski definition) is 2. The molecule has 0 spiro atoms. The molecule has 8 nitrogen and oxygen atoms in total. The molecule has 1 aromatic carbocycles. The molecule has 4 amide bonds. The number of nitrogens with zero attached hydrogens (tertiary/aromatic N) is 2. The highest BCUT2D eigenvalue weighted by molar-refractivity contribution is 6.31. The predicted octanol–water partition coefficient (Wildman–Crippen LogP) is 3.04. The Morgan fingerprint density at radius 2 is 1.74 bits per heavy atom. The van der Waals surface area contributed by atoms with E-state index in [2.05, 4.69) is 4.98 Å². The number of benzene rings is 1. The lowest BCUT2D eigenvalue weighted by molar-refractivity contribution is -0.137. The number of carbonyl (C=O) groups excluding carboxylic acids is 3. The van der Waals surface area contributed by atoms with Crippen LogP contribution in [0.25, 0.3) is 6.08 Å². The smallest absolute Gasteiger partial charge is 0.419 e. The SMILES string of the molecule is O=C1NC(=O)C(=Cc2ccc(OC3CCN(c4ncccc4C(F)(F)F)CC3)c(F)c2)C(=O)N1. The topological polar surface area (TPSA) is 101 Å². The van der Waals surface area contributed by atoms with E-state index in [9.17, 15) is 31.9 Å². The van der Waals surface area contributed by atoms with Crippen molar-refractivity contribution in [1.82, 2.24) is 15.6 Å². The lowest BCUT2D eigenvalue weighted by Gasteiger charge is -2.34. The molecule has 2 aliphatic rings. The summed E-state index contributed by atoms with van der Waals surface area (Å²) >= 11 is 0. The monoisotopic (exact) mass is 478 g/mol. The Morgan fingerprint density at radius 3 is 2.35 bits per heavy atom. The number of piperidine rings is 1. The van der Waals surface area contributed by atoms with Crippen LogP contribution in [0.1, 0.15) is 24.0 Å². The van der Waals surface area contributed by atoms with Crippen LogP contribution in [0.15, 0.2) is 42.1 Å². The lowest BCUT2D eigenvalue weighted by Crippen LogP contribution is -2.51. The molecule has 0 atom stereocenters. The van der Waals surface area contributed by atoms with Crippen LogP contribution in [0.3, 0.4) is 0 Å². The van der Waals surface area contributed by atoms with Crippen LogP contribution in [0.5, 0.6) is 5.75 Å². The molecule has 2 aromatic rings. The van der Waals surface area contributed by atoms with Crippen molar-refractivity contribution in [2.75, 3.05) is 18.0 Å². The molecule has 178 valence electrons. The normalized spacial score (nSPS) is 17.4. The summed E-state index contributed by atoms with van der Waals surface area (Å²) in [6.07, 6.45) is -1.80. The van der Waals surface area contributed by atoms with E-state index in [0.717, 1.165) is 18.2 Å². The summed E-state index contributed by atoms with van der Waals surface area (Å²) in [6.45, 7) is 0.499. The zero-order valence-corrected chi connectivity index (χ0v) is 17.5. The number of halogens is 4. The zero-order valence-electron chi connectivity index (χ0n) is 17.5. The van der Waals surface area contributed by atoms with Crippen molar-refractivity contribution >= 4 is 29.7 Å². The second-order valence-electron chi connectivity index (χ2n) is 7.66. The fraction of sp³-hybridized carbons (Fsp3) is 0.273. The Labute approximate surface area is 190 Å². The third-order valence-corrected chi connectivity index (χ3v) is 5.34. The fourth-order valence-electron chi connectivity index (χ4n) is 3.71. The van der Waals surface area contributed by atoms with Gasteiger partial charge in [-0.05, 0) is 35.9 Å². The van der Waals surface area contributed by atoms with Gasteiger partial charge in [0.15, 0.2) is 11.6 Å². The molecule has 4 rings (SSSR count). The Kier molecular flexibility index (Phi) is 6.22. The van der Waals surface area contributed by atoms with Crippen LogP contribution in [0.4, 0.5) is 28.2 Å². The number of amides is 4. The number of barbiturate groups is 1. The summed E-state index contributed by atoms with van der Waals surface area (Å²) < 4.78 is 60.1. The Hall–Kier alpha value is -3.96. The van der Waals surface area contributed by atoms with E-state index in [1.807, 2.05) is 10.6 Å². The first kappa shape index (κ1) is 23.2. The molecule has 34 heavy (non-hydrogen) atoms. The van der Waals surface area contributed by atoms with E-state index in [1.54, 1.807) is 0 Å². The van der Waals surface area contributed by atoms with E-state index in [4.69, 9.17) is 4.74 Å². The minimum Gasteiger partial charge on any atom is -0.487 e. The van der Waals surface area contributed by atoms with Gasteiger partial charge in [0.1, 0.15) is 17.5 Å². The molecule has 0 saturated carbocycles. The number of ether oxygens (including phenoxy) is 1. The first-order valence-electron chi connectivity index (χ1n) is 10.2. The molecule has 2 aliphatic heterocycles. The molecule has 2 fully saturated rings. The van der Waals surface area contributed by atoms with E-state index in [0.29, 0.717) is 12.8 Å². The van der Waals surface area contributed by atoms with Crippen molar-refractivity contribution in [3.63, 3.8) is 0 Å². The first-order chi connectivity index (χ1) is 16.1. The van der Waals surface area contributed by atoms with Crippen LogP contribution < -0.4 is 20.3 Å². The molecule has 1 aromatic heterocycles. The summed E-state index contributed by atoms with van der Waals surface area (Å²) in [5, 5.41) is 3.84. The van der Waals surface area contributed by atoms with Crippen molar-refractivity contribution in [1.29, 1.82) is 0 Å². The van der Waals surface area contributed by atoms with Crippen molar-refractivity contribution in [3.05, 3.63) is 59.0 Å². The van der Waals surface area contributed by atoms with Gasteiger partial charge in [-0.1, -0.05) is 6.07 Å². The Morgan fingerprint density at radius 1 is 1.06 bits per heavy atom. The quantitative estimate of drug-likeness (QED) is 0.398. The number of hydrogen-bond acceptors (Lipinski definition) is 6. The number of pyridine rings is 1. The van der Waals surface area contributed by atoms with Crippen molar-refractivity contribution < 1.29 is 36.7 Å². The molecule has 0 bridgehead atoms. The van der Waals surface area contributed by atoms with E-state index < -0.39 is 41.5 Å². The number of carbonyl (C=O) groups is 3.